The fourth-order valence-corrected chi connectivity index (χ4v) is 4.15. The normalized spacial score (nSPS) is 19.1. The minimum atomic E-state index is -1.15. The Hall–Kier alpha value is -2.17. The molecule has 0 bridgehead atoms. The Bertz CT molecular complexity index is 925. The molecule has 1 saturated heterocycles. The van der Waals surface area contributed by atoms with Gasteiger partial charge < -0.3 is 15.2 Å². The maximum atomic E-state index is 11.9. The lowest BCUT2D eigenvalue weighted by atomic mass is 9.80. The van der Waals surface area contributed by atoms with E-state index in [2.05, 4.69) is 17.4 Å². The van der Waals surface area contributed by atoms with Gasteiger partial charge in [-0.3, -0.25) is 0 Å². The predicted molar refractivity (Wildman–Crippen MR) is 114 cm³/mol. The van der Waals surface area contributed by atoms with Crippen molar-refractivity contribution in [2.24, 2.45) is 0 Å². The standard InChI is InChI=1S/C24H24ClNO2/c25-22-13-7-6-12-21(22)20-11-5-4-8-18(20)16-24(27,19-9-2-1-3-10-19)23-17-26-14-15-28-23/h1-13,23,26-27H,14-17H2/t23-,24-/m1/s1. The highest BCUT2D eigenvalue weighted by Crippen LogP contribution is 2.37. The summed E-state index contributed by atoms with van der Waals surface area (Å²) < 4.78 is 6.00. The fraction of sp³-hybridized carbons (Fsp3) is 0.250. The third-order valence-electron chi connectivity index (χ3n) is 5.38. The van der Waals surface area contributed by atoms with E-state index in [0.29, 0.717) is 24.6 Å². The molecule has 144 valence electrons. The lowest BCUT2D eigenvalue weighted by molar-refractivity contribution is -0.124. The van der Waals surface area contributed by atoms with Crippen molar-refractivity contribution < 1.29 is 9.84 Å². The molecule has 2 N–H and O–H groups in total. The van der Waals surface area contributed by atoms with E-state index in [0.717, 1.165) is 28.8 Å². The lowest BCUT2D eigenvalue weighted by Crippen LogP contribution is -2.52. The van der Waals surface area contributed by atoms with Gasteiger partial charge in [-0.15, -0.1) is 0 Å². The first kappa shape index (κ1) is 19.2. The third-order valence-corrected chi connectivity index (χ3v) is 5.70. The van der Waals surface area contributed by atoms with Crippen molar-refractivity contribution in [2.45, 2.75) is 18.1 Å². The highest BCUT2D eigenvalue weighted by Gasteiger charge is 2.40. The Morgan fingerprint density at radius 3 is 2.32 bits per heavy atom. The van der Waals surface area contributed by atoms with E-state index in [9.17, 15) is 5.11 Å². The molecule has 0 radical (unpaired) electrons. The molecule has 2 atom stereocenters. The molecule has 4 heteroatoms. The number of ether oxygens (including phenoxy) is 1. The van der Waals surface area contributed by atoms with Gasteiger partial charge >= 0.3 is 0 Å². The van der Waals surface area contributed by atoms with Crippen molar-refractivity contribution in [1.82, 2.24) is 5.32 Å². The highest BCUT2D eigenvalue weighted by atomic mass is 35.5. The second-order valence-electron chi connectivity index (χ2n) is 7.17. The Labute approximate surface area is 170 Å². The summed E-state index contributed by atoms with van der Waals surface area (Å²) in [5, 5.41) is 16.0. The topological polar surface area (TPSA) is 41.5 Å². The van der Waals surface area contributed by atoms with E-state index in [-0.39, 0.29) is 6.10 Å². The Morgan fingerprint density at radius 2 is 1.61 bits per heavy atom. The van der Waals surface area contributed by atoms with Gasteiger partial charge in [-0.1, -0.05) is 84.4 Å². The van der Waals surface area contributed by atoms with E-state index >= 15 is 0 Å². The quantitative estimate of drug-likeness (QED) is 0.674. The molecule has 1 aliphatic rings. The van der Waals surface area contributed by atoms with Crippen LogP contribution in [0.2, 0.25) is 5.02 Å². The number of morpholine rings is 1. The van der Waals surface area contributed by atoms with Crippen molar-refractivity contribution >= 4 is 11.6 Å². The maximum absolute atomic E-state index is 11.9. The summed E-state index contributed by atoms with van der Waals surface area (Å²) in [5.41, 5.74) is 2.75. The van der Waals surface area contributed by atoms with Gasteiger partial charge in [0.05, 0.1) is 6.61 Å². The first-order valence-electron chi connectivity index (χ1n) is 9.61. The van der Waals surface area contributed by atoms with Crippen molar-refractivity contribution in [2.75, 3.05) is 19.7 Å². The molecule has 0 unspecified atom stereocenters. The minimum Gasteiger partial charge on any atom is -0.382 e. The zero-order valence-electron chi connectivity index (χ0n) is 15.6. The largest absolute Gasteiger partial charge is 0.382 e. The van der Waals surface area contributed by atoms with Crippen LogP contribution >= 0.6 is 11.6 Å². The molecule has 0 spiro atoms. The molecule has 28 heavy (non-hydrogen) atoms. The molecule has 1 aliphatic heterocycles. The molecule has 3 aromatic rings. The van der Waals surface area contributed by atoms with Gasteiger partial charge in [0.2, 0.25) is 0 Å². The van der Waals surface area contributed by atoms with Gasteiger partial charge in [0.15, 0.2) is 0 Å². The second-order valence-corrected chi connectivity index (χ2v) is 7.57. The highest BCUT2D eigenvalue weighted by molar-refractivity contribution is 6.33. The van der Waals surface area contributed by atoms with E-state index < -0.39 is 5.60 Å². The van der Waals surface area contributed by atoms with Gasteiger partial charge in [-0.2, -0.15) is 0 Å². The van der Waals surface area contributed by atoms with E-state index in [4.69, 9.17) is 16.3 Å². The predicted octanol–water partition coefficient (Wildman–Crippen LogP) is 4.43. The van der Waals surface area contributed by atoms with Crippen molar-refractivity contribution in [3.05, 3.63) is 95.0 Å². The molecule has 1 fully saturated rings. The van der Waals surface area contributed by atoms with Crippen LogP contribution < -0.4 is 5.32 Å². The Morgan fingerprint density at radius 1 is 0.929 bits per heavy atom. The van der Waals surface area contributed by atoms with Gasteiger partial charge in [0.25, 0.3) is 0 Å². The Kier molecular flexibility index (Phi) is 5.79. The van der Waals surface area contributed by atoms with Crippen LogP contribution in [-0.2, 0) is 16.8 Å². The summed E-state index contributed by atoms with van der Waals surface area (Å²) in [7, 11) is 0. The van der Waals surface area contributed by atoms with Gasteiger partial charge in [-0.25, -0.2) is 0 Å². The van der Waals surface area contributed by atoms with Crippen LogP contribution in [0.15, 0.2) is 78.9 Å². The summed E-state index contributed by atoms with van der Waals surface area (Å²) in [6.45, 7) is 2.00. The summed E-state index contributed by atoms with van der Waals surface area (Å²) in [5.74, 6) is 0. The molecule has 0 aromatic heterocycles. The second kappa shape index (κ2) is 8.46. The number of benzene rings is 3. The lowest BCUT2D eigenvalue weighted by Gasteiger charge is -2.39. The van der Waals surface area contributed by atoms with Crippen LogP contribution in [0.1, 0.15) is 11.1 Å². The summed E-state index contributed by atoms with van der Waals surface area (Å²) in [6, 6.07) is 25.7. The molecule has 3 nitrogen and oxygen atoms in total. The first-order chi connectivity index (χ1) is 13.7. The van der Waals surface area contributed by atoms with Crippen molar-refractivity contribution in [1.29, 1.82) is 0 Å². The van der Waals surface area contributed by atoms with Gasteiger partial charge in [0.1, 0.15) is 11.7 Å². The molecule has 0 amide bonds. The van der Waals surface area contributed by atoms with Crippen molar-refractivity contribution in [3.63, 3.8) is 0 Å². The molecular formula is C24H24ClNO2. The molecule has 0 aliphatic carbocycles. The third kappa shape index (κ3) is 3.85. The number of rotatable bonds is 5. The van der Waals surface area contributed by atoms with E-state index in [1.807, 2.05) is 66.7 Å². The van der Waals surface area contributed by atoms with Gasteiger partial charge in [-0.05, 0) is 22.8 Å². The van der Waals surface area contributed by atoms with Crippen LogP contribution in [0.25, 0.3) is 11.1 Å². The molecule has 4 rings (SSSR count). The molecule has 3 aromatic carbocycles. The molecule has 0 saturated carbocycles. The number of hydrogen-bond acceptors (Lipinski definition) is 3. The van der Waals surface area contributed by atoms with E-state index in [1.54, 1.807) is 0 Å². The first-order valence-corrected chi connectivity index (χ1v) is 9.99. The van der Waals surface area contributed by atoms with Crippen LogP contribution in [0, 0.1) is 0 Å². The van der Waals surface area contributed by atoms with E-state index in [1.165, 1.54) is 0 Å². The Balaban J connectivity index is 1.77. The maximum Gasteiger partial charge on any atom is 0.121 e. The molecule has 1 heterocycles. The van der Waals surface area contributed by atoms with Crippen molar-refractivity contribution in [3.8, 4) is 11.1 Å². The summed E-state index contributed by atoms with van der Waals surface area (Å²) in [4.78, 5) is 0. The van der Waals surface area contributed by atoms with Crippen LogP contribution in [0.3, 0.4) is 0 Å². The minimum absolute atomic E-state index is 0.331. The summed E-state index contributed by atoms with van der Waals surface area (Å²) in [6.07, 6.45) is 0.105. The van der Waals surface area contributed by atoms with Crippen LogP contribution in [0.5, 0.6) is 0 Å². The number of hydrogen-bond donors (Lipinski definition) is 2. The molecular weight excluding hydrogens is 370 g/mol. The SMILES string of the molecule is O[C@](Cc1ccccc1-c1ccccc1Cl)(c1ccccc1)[C@H]1CNCCO1. The zero-order chi connectivity index (χ0) is 19.4. The fourth-order valence-electron chi connectivity index (χ4n) is 3.91. The average Bonchev–Trinajstić information content (AvgIpc) is 2.76. The monoisotopic (exact) mass is 393 g/mol. The van der Waals surface area contributed by atoms with Crippen LogP contribution in [0.4, 0.5) is 0 Å². The zero-order valence-corrected chi connectivity index (χ0v) is 16.4. The van der Waals surface area contributed by atoms with Gasteiger partial charge in [0, 0.05) is 30.1 Å². The smallest absolute Gasteiger partial charge is 0.121 e. The van der Waals surface area contributed by atoms with Crippen LogP contribution in [-0.4, -0.2) is 30.9 Å². The average molecular weight is 394 g/mol. The number of halogens is 1. The summed E-state index contributed by atoms with van der Waals surface area (Å²) >= 11 is 6.47. The number of nitrogens with one attached hydrogen (secondary N) is 1. The number of aliphatic hydroxyl groups is 1.